The van der Waals surface area contributed by atoms with Crippen LogP contribution >= 0.6 is 0 Å². The topological polar surface area (TPSA) is 43.8 Å². The van der Waals surface area contributed by atoms with Crippen LogP contribution in [0.4, 0.5) is 0 Å². The highest BCUT2D eigenvalue weighted by molar-refractivity contribution is 5.78. The molecule has 1 fully saturated rings. The molecule has 0 spiro atoms. The van der Waals surface area contributed by atoms with Gasteiger partial charge in [-0.2, -0.15) is 0 Å². The van der Waals surface area contributed by atoms with Crippen molar-refractivity contribution in [2.75, 3.05) is 33.7 Å². The molecule has 0 radical (unpaired) electrons. The monoisotopic (exact) mass is 216 g/mol. The van der Waals surface area contributed by atoms with Gasteiger partial charge in [-0.15, -0.1) is 0 Å². The smallest absolute Gasteiger partial charge is 0.236 e. The normalized spacial score (nSPS) is 15.5. The third-order valence-corrected chi connectivity index (χ3v) is 1.91. The van der Waals surface area contributed by atoms with E-state index < -0.39 is 0 Å². The molecule has 1 saturated heterocycles. The van der Waals surface area contributed by atoms with Crippen LogP contribution in [0.15, 0.2) is 0 Å². The first-order chi connectivity index (χ1) is 6.93. The van der Waals surface area contributed by atoms with Crippen molar-refractivity contribution >= 4 is 5.91 Å². The predicted molar refractivity (Wildman–Crippen MR) is 61.7 cm³/mol. The van der Waals surface area contributed by atoms with Crippen LogP contribution in [0.2, 0.25) is 0 Å². The first kappa shape index (κ1) is 14.4. The van der Waals surface area contributed by atoms with E-state index in [1.807, 2.05) is 23.9 Å². The molecule has 15 heavy (non-hydrogen) atoms. The van der Waals surface area contributed by atoms with E-state index in [-0.39, 0.29) is 12.0 Å². The van der Waals surface area contributed by atoms with Crippen LogP contribution in [0, 0.1) is 0 Å². The van der Waals surface area contributed by atoms with Crippen LogP contribution in [0.1, 0.15) is 26.7 Å². The van der Waals surface area contributed by atoms with E-state index in [1.54, 1.807) is 13.8 Å². The van der Waals surface area contributed by atoms with Crippen LogP contribution < -0.4 is 0 Å². The lowest BCUT2D eigenvalue weighted by atomic mass is 10.4. The number of likely N-dealkylation sites (tertiary alicyclic amines) is 1. The minimum Gasteiger partial charge on any atom is -0.394 e. The molecule has 0 aromatic heterocycles. The molecule has 4 heteroatoms. The van der Waals surface area contributed by atoms with Gasteiger partial charge in [0, 0.05) is 19.2 Å². The Hall–Kier alpha value is -0.610. The second-order valence-corrected chi connectivity index (χ2v) is 4.42. The molecule has 0 atom stereocenters. The second-order valence-electron chi connectivity index (χ2n) is 4.42. The van der Waals surface area contributed by atoms with Crippen molar-refractivity contribution in [3.8, 4) is 0 Å². The fourth-order valence-corrected chi connectivity index (χ4v) is 1.34. The highest BCUT2D eigenvalue weighted by atomic mass is 16.3. The predicted octanol–water partition coefficient (Wildman–Crippen LogP) is 0.557. The maximum Gasteiger partial charge on any atom is 0.236 e. The molecular weight excluding hydrogens is 192 g/mol. The van der Waals surface area contributed by atoms with E-state index in [9.17, 15) is 4.79 Å². The average Bonchev–Trinajstić information content (AvgIpc) is 2.52. The van der Waals surface area contributed by atoms with Crippen molar-refractivity contribution in [3.63, 3.8) is 0 Å². The molecule has 0 aliphatic carbocycles. The molecular formula is C11H24N2O2. The Balaban J connectivity index is 0.000000423. The first-order valence-electron chi connectivity index (χ1n) is 5.54. The summed E-state index contributed by atoms with van der Waals surface area (Å²) in [5.74, 6) is 0.271. The van der Waals surface area contributed by atoms with Gasteiger partial charge in [0.25, 0.3) is 0 Å². The second kappa shape index (κ2) is 7.65. The number of amides is 1. The van der Waals surface area contributed by atoms with Crippen LogP contribution in [-0.2, 0) is 4.79 Å². The van der Waals surface area contributed by atoms with E-state index in [1.165, 1.54) is 12.8 Å². The Morgan fingerprint density at radius 3 is 2.07 bits per heavy atom. The van der Waals surface area contributed by atoms with E-state index in [4.69, 9.17) is 5.11 Å². The molecule has 1 amide bonds. The molecule has 0 aromatic carbocycles. The lowest BCUT2D eigenvalue weighted by Gasteiger charge is -2.17. The van der Waals surface area contributed by atoms with E-state index in [0.29, 0.717) is 6.54 Å². The van der Waals surface area contributed by atoms with Gasteiger partial charge in [-0.3, -0.25) is 4.79 Å². The number of carbonyl (C=O) groups excluding carboxylic acids is 1. The van der Waals surface area contributed by atoms with Crippen LogP contribution in [0.5, 0.6) is 0 Å². The van der Waals surface area contributed by atoms with E-state index >= 15 is 0 Å². The number of hydrogen-bond donors (Lipinski definition) is 1. The number of carbonyl (C=O) groups is 1. The largest absolute Gasteiger partial charge is 0.394 e. The van der Waals surface area contributed by atoms with Crippen molar-refractivity contribution in [2.45, 2.75) is 32.8 Å². The number of hydrogen-bond acceptors (Lipinski definition) is 3. The highest BCUT2D eigenvalue weighted by Gasteiger charge is 2.17. The number of aliphatic hydroxyl groups is 1. The highest BCUT2D eigenvalue weighted by Crippen LogP contribution is 2.07. The van der Waals surface area contributed by atoms with Crippen LogP contribution in [0.3, 0.4) is 0 Å². The minimum atomic E-state index is -0.167. The molecule has 4 nitrogen and oxygen atoms in total. The molecule has 0 bridgehead atoms. The fraction of sp³-hybridized carbons (Fsp3) is 0.909. The van der Waals surface area contributed by atoms with Crippen molar-refractivity contribution < 1.29 is 9.90 Å². The summed E-state index contributed by atoms with van der Waals surface area (Å²) in [6.45, 7) is 5.93. The lowest BCUT2D eigenvalue weighted by molar-refractivity contribution is -0.130. The zero-order valence-electron chi connectivity index (χ0n) is 10.4. The van der Waals surface area contributed by atoms with Gasteiger partial charge in [-0.1, -0.05) is 0 Å². The summed E-state index contributed by atoms with van der Waals surface area (Å²) in [4.78, 5) is 15.2. The third kappa shape index (κ3) is 8.39. The molecule has 1 aliphatic heterocycles. The maximum absolute atomic E-state index is 11.3. The van der Waals surface area contributed by atoms with Crippen molar-refractivity contribution in [1.82, 2.24) is 9.80 Å². The molecule has 1 rings (SSSR count). The van der Waals surface area contributed by atoms with Crippen molar-refractivity contribution in [2.24, 2.45) is 0 Å². The fourth-order valence-electron chi connectivity index (χ4n) is 1.34. The van der Waals surface area contributed by atoms with Gasteiger partial charge in [0.15, 0.2) is 0 Å². The third-order valence-electron chi connectivity index (χ3n) is 1.91. The number of rotatable bonds is 2. The van der Waals surface area contributed by atoms with Crippen LogP contribution in [-0.4, -0.2) is 60.6 Å². The molecule has 90 valence electrons. The summed E-state index contributed by atoms with van der Waals surface area (Å²) in [7, 11) is 3.85. The summed E-state index contributed by atoms with van der Waals surface area (Å²) in [6.07, 6.45) is 2.19. The van der Waals surface area contributed by atoms with Gasteiger partial charge >= 0.3 is 0 Å². The minimum absolute atomic E-state index is 0.167. The quantitative estimate of drug-likeness (QED) is 0.733. The molecule has 1 heterocycles. The molecule has 1 N–H and O–H groups in total. The van der Waals surface area contributed by atoms with Crippen molar-refractivity contribution in [1.29, 1.82) is 0 Å². The van der Waals surface area contributed by atoms with Crippen LogP contribution in [0.25, 0.3) is 0 Å². The van der Waals surface area contributed by atoms with Gasteiger partial charge in [0.05, 0.1) is 6.54 Å². The Labute approximate surface area is 92.9 Å². The van der Waals surface area contributed by atoms with E-state index in [0.717, 1.165) is 13.1 Å². The Kier molecular flexibility index (Phi) is 7.34. The van der Waals surface area contributed by atoms with Crippen molar-refractivity contribution in [3.05, 3.63) is 0 Å². The average molecular weight is 216 g/mol. The Morgan fingerprint density at radius 2 is 1.73 bits per heavy atom. The van der Waals surface area contributed by atoms with E-state index in [2.05, 4.69) is 0 Å². The molecule has 0 unspecified atom stereocenters. The number of nitrogens with zero attached hydrogens (tertiary/aromatic N) is 2. The summed E-state index contributed by atoms with van der Waals surface area (Å²) >= 11 is 0. The zero-order chi connectivity index (χ0) is 11.8. The SMILES string of the molecule is CC(C)O.CN(C)CC(=O)N1CCCC1. The molecule has 0 saturated carbocycles. The Morgan fingerprint density at radius 1 is 1.33 bits per heavy atom. The summed E-state index contributed by atoms with van der Waals surface area (Å²) in [6, 6.07) is 0. The summed E-state index contributed by atoms with van der Waals surface area (Å²) in [5, 5.41) is 8.06. The molecule has 1 aliphatic rings. The first-order valence-corrected chi connectivity index (χ1v) is 5.54. The van der Waals surface area contributed by atoms with Gasteiger partial charge in [-0.25, -0.2) is 0 Å². The summed E-state index contributed by atoms with van der Waals surface area (Å²) in [5.41, 5.74) is 0. The zero-order valence-corrected chi connectivity index (χ0v) is 10.4. The van der Waals surface area contributed by atoms with Gasteiger partial charge < -0.3 is 14.9 Å². The summed E-state index contributed by atoms with van der Waals surface area (Å²) < 4.78 is 0. The number of likely N-dealkylation sites (N-methyl/N-ethyl adjacent to an activating group) is 1. The van der Waals surface area contributed by atoms with Gasteiger partial charge in [0.2, 0.25) is 5.91 Å². The number of aliphatic hydroxyl groups excluding tert-OH is 1. The van der Waals surface area contributed by atoms with Gasteiger partial charge in [-0.05, 0) is 40.8 Å². The lowest BCUT2D eigenvalue weighted by Crippen LogP contribution is -2.35. The van der Waals surface area contributed by atoms with Gasteiger partial charge in [0.1, 0.15) is 0 Å². The Bertz CT molecular complexity index is 173. The molecule has 0 aromatic rings. The standard InChI is InChI=1S/C8H16N2O.C3H8O/c1-9(2)7-8(11)10-5-3-4-6-10;1-3(2)4/h3-7H2,1-2H3;3-4H,1-2H3. The maximum atomic E-state index is 11.3.